The predicted octanol–water partition coefficient (Wildman–Crippen LogP) is 5.58. The van der Waals surface area contributed by atoms with Gasteiger partial charge >= 0.3 is 0 Å². The molecule has 0 bridgehead atoms. The van der Waals surface area contributed by atoms with E-state index in [-0.39, 0.29) is 13.2 Å². The van der Waals surface area contributed by atoms with Crippen LogP contribution in [0, 0.1) is 0 Å². The lowest BCUT2D eigenvalue weighted by Gasteiger charge is -2.13. The lowest BCUT2D eigenvalue weighted by atomic mass is 10.0. The Kier molecular flexibility index (Phi) is 26.2. The first-order valence-electron chi connectivity index (χ1n) is 10.9. The number of rotatable bonds is 12. The fraction of sp³-hybridized carbons (Fsp3) is 0.640. The van der Waals surface area contributed by atoms with E-state index in [2.05, 4.69) is 85.2 Å². The minimum Gasteiger partial charge on any atom is -0.550 e. The minimum absolute atomic E-state index is 0.110. The first-order chi connectivity index (χ1) is 14.8. The predicted molar refractivity (Wildman–Crippen MR) is 142 cm³/mol. The molecule has 7 heteroatoms. The van der Waals surface area contributed by atoms with Crippen molar-refractivity contribution in [2.75, 3.05) is 32.8 Å². The molecule has 32 heavy (non-hydrogen) atoms. The molecule has 0 aliphatic rings. The van der Waals surface area contributed by atoms with Crippen LogP contribution in [0.5, 0.6) is 0 Å². The zero-order chi connectivity index (χ0) is 25.6. The van der Waals surface area contributed by atoms with Crippen LogP contribution in [0.3, 0.4) is 0 Å². The summed E-state index contributed by atoms with van der Waals surface area (Å²) in [4.78, 5) is 8.89. The Morgan fingerprint density at radius 3 is 1.62 bits per heavy atom. The van der Waals surface area contributed by atoms with Crippen molar-refractivity contribution < 1.29 is 23.6 Å². The number of hydrogen-bond acceptors (Lipinski definition) is 4. The average molecular weight is 583 g/mol. The molecule has 0 heterocycles. The third-order valence-electron chi connectivity index (χ3n) is 3.95. The molecule has 0 rings (SSSR count). The number of aliphatic hydroxyl groups is 2. The Hall–Kier alpha value is -0.730. The van der Waals surface area contributed by atoms with Gasteiger partial charge in [0.05, 0.1) is 27.3 Å². The van der Waals surface area contributed by atoms with Crippen molar-refractivity contribution in [3.8, 4) is 0 Å². The molecule has 0 saturated heterocycles. The van der Waals surface area contributed by atoms with E-state index >= 15 is 0 Å². The van der Waals surface area contributed by atoms with E-state index in [1.807, 2.05) is 13.0 Å². The Bertz CT molecular complexity index is 596. The van der Waals surface area contributed by atoms with Gasteiger partial charge in [-0.25, -0.2) is 0 Å². The van der Waals surface area contributed by atoms with E-state index in [4.69, 9.17) is 15.0 Å². The summed E-state index contributed by atoms with van der Waals surface area (Å²) in [6, 6.07) is 0. The van der Waals surface area contributed by atoms with Gasteiger partial charge in [-0.2, -0.15) is 0 Å². The maximum atomic E-state index is 9.41. The fourth-order valence-electron chi connectivity index (χ4n) is 2.20. The number of aliphatic carboxylic acids is 1. The molecule has 0 fully saturated rings. The summed E-state index contributed by atoms with van der Waals surface area (Å²) >= 11 is 6.66. The quantitative estimate of drug-likeness (QED) is 0.136. The van der Waals surface area contributed by atoms with Gasteiger partial charge in [0.1, 0.15) is 5.45 Å². The zero-order valence-electron chi connectivity index (χ0n) is 21.1. The van der Waals surface area contributed by atoms with E-state index in [0.29, 0.717) is 0 Å². The maximum absolute atomic E-state index is 9.41. The van der Waals surface area contributed by atoms with Crippen LogP contribution >= 0.6 is 32.1 Å². The molecule has 0 saturated carbocycles. The highest BCUT2D eigenvalue weighted by atomic mass is 79.9. The summed E-state index contributed by atoms with van der Waals surface area (Å²) in [5.41, 5.74) is 6.06. The third kappa shape index (κ3) is 36.6. The molecular formula is C25H45Br2NO4. The Morgan fingerprint density at radius 2 is 1.25 bits per heavy atom. The standard InChI is InChI=1S/C20H34O2.C3H8Br2N.C2H4O2/c1-17(2)8-5-9-18(3)10-6-12-20(16-22)13-7-11-19(4)14-15-21;1-6(2,5)3-4;1-2(3)4/h8,10,13-14,21-22H,5-7,9,11-12,15-16H2,1-4H3;3H2,1-2H3;1H3,(H,3,4)/q;+1;/p-1. The van der Waals surface area contributed by atoms with E-state index in [9.17, 15) is 5.11 Å². The number of aliphatic hydroxyl groups excluding tert-OH is 2. The summed E-state index contributed by atoms with van der Waals surface area (Å²) in [6.45, 7) is 9.71. The molecule has 2 N–H and O–H groups in total. The van der Waals surface area contributed by atoms with Gasteiger partial charge in [0.15, 0.2) is 0 Å². The van der Waals surface area contributed by atoms with Gasteiger partial charge in [-0.3, -0.25) is 3.51 Å². The highest BCUT2D eigenvalue weighted by Gasteiger charge is 2.04. The van der Waals surface area contributed by atoms with Crippen LogP contribution in [0.1, 0.15) is 73.1 Å². The lowest BCUT2D eigenvalue weighted by Crippen LogP contribution is -2.23. The molecule has 0 amide bonds. The van der Waals surface area contributed by atoms with Crippen LogP contribution in [0.15, 0.2) is 46.6 Å². The van der Waals surface area contributed by atoms with Gasteiger partial charge in [0, 0.05) is 5.97 Å². The largest absolute Gasteiger partial charge is 0.550 e. The van der Waals surface area contributed by atoms with Crippen LogP contribution < -0.4 is 5.11 Å². The van der Waals surface area contributed by atoms with Gasteiger partial charge in [-0.05, 0) is 94.6 Å². The van der Waals surface area contributed by atoms with Crippen LogP contribution in [-0.2, 0) is 4.79 Å². The number of allylic oxidation sites excluding steroid dienone is 6. The molecule has 0 aromatic rings. The molecule has 0 atom stereocenters. The molecular weight excluding hydrogens is 538 g/mol. The normalized spacial score (nSPS) is 12.3. The maximum Gasteiger partial charge on any atom is 0.227 e. The first-order valence-corrected chi connectivity index (χ1v) is 12.7. The number of carbonyl (C=O) groups is 1. The first kappa shape index (κ1) is 35.9. The summed E-state index contributed by atoms with van der Waals surface area (Å²) in [5, 5.41) is 27.1. The number of hydrogen-bond donors (Lipinski definition) is 2. The Balaban J connectivity index is -0.000000696. The minimum atomic E-state index is -1.08. The molecule has 0 radical (unpaired) electrons. The van der Waals surface area contributed by atoms with Crippen molar-refractivity contribution in [3.63, 3.8) is 0 Å². The monoisotopic (exact) mass is 581 g/mol. The number of quaternary nitrogens is 1. The second kappa shape index (κ2) is 23.4. The van der Waals surface area contributed by atoms with Crippen molar-refractivity contribution in [3.05, 3.63) is 46.6 Å². The number of halogens is 2. The fourth-order valence-corrected chi connectivity index (χ4v) is 2.20. The number of carboxylic acids is 1. The van der Waals surface area contributed by atoms with Crippen LogP contribution in [0.4, 0.5) is 0 Å². The van der Waals surface area contributed by atoms with Crippen LogP contribution in [0.25, 0.3) is 0 Å². The van der Waals surface area contributed by atoms with Gasteiger partial charge in [-0.1, -0.05) is 41.0 Å². The summed E-state index contributed by atoms with van der Waals surface area (Å²) < 4.78 is 0.799. The molecule has 0 aromatic carbocycles. The number of carbonyl (C=O) groups excluding carboxylic acids is 1. The summed E-state index contributed by atoms with van der Waals surface area (Å²) in [6.07, 6.45) is 14.6. The molecule has 0 spiro atoms. The second-order valence-electron chi connectivity index (χ2n) is 8.35. The number of carboxylic acid groups (broad SMARTS) is 1. The van der Waals surface area contributed by atoms with Crippen molar-refractivity contribution in [2.45, 2.75) is 73.1 Å². The molecule has 0 aromatic heterocycles. The van der Waals surface area contributed by atoms with Crippen molar-refractivity contribution in [1.82, 2.24) is 0 Å². The molecule has 0 aliphatic heterocycles. The van der Waals surface area contributed by atoms with Gasteiger partial charge < -0.3 is 20.1 Å². The molecule has 0 aliphatic carbocycles. The highest BCUT2D eigenvalue weighted by Crippen LogP contribution is 2.13. The highest BCUT2D eigenvalue weighted by molar-refractivity contribution is 9.10. The van der Waals surface area contributed by atoms with Crippen molar-refractivity contribution in [2.24, 2.45) is 0 Å². The van der Waals surface area contributed by atoms with E-state index in [1.165, 1.54) is 16.7 Å². The topological polar surface area (TPSA) is 80.6 Å². The smallest absolute Gasteiger partial charge is 0.227 e. The zero-order valence-corrected chi connectivity index (χ0v) is 24.3. The van der Waals surface area contributed by atoms with E-state index in [0.717, 1.165) is 60.0 Å². The lowest BCUT2D eigenvalue weighted by molar-refractivity contribution is -0.716. The summed E-state index contributed by atoms with van der Waals surface area (Å²) in [7, 11) is 4.10. The summed E-state index contributed by atoms with van der Waals surface area (Å²) in [5.74, 6) is -1.08. The second-order valence-corrected chi connectivity index (χ2v) is 10.8. The van der Waals surface area contributed by atoms with E-state index < -0.39 is 5.97 Å². The van der Waals surface area contributed by atoms with E-state index in [1.54, 1.807) is 0 Å². The van der Waals surface area contributed by atoms with Crippen molar-refractivity contribution >= 4 is 38.0 Å². The number of nitrogens with zero attached hydrogens (tertiary/aromatic N) is 1. The van der Waals surface area contributed by atoms with Gasteiger partial charge in [0.2, 0.25) is 16.1 Å². The van der Waals surface area contributed by atoms with Crippen LogP contribution in [0.2, 0.25) is 0 Å². The van der Waals surface area contributed by atoms with Crippen molar-refractivity contribution in [1.29, 1.82) is 0 Å². The Morgan fingerprint density at radius 1 is 0.844 bits per heavy atom. The number of alkyl halides is 1. The molecule has 188 valence electrons. The van der Waals surface area contributed by atoms with Gasteiger partial charge in [-0.15, -0.1) is 0 Å². The molecule has 0 unspecified atom stereocenters. The SMILES string of the molecule is CC(=O)[O-].CC(C)=CCCC(C)=CCCC(=CCCC(C)=CCO)CO.C[N+](C)(Br)CBr. The third-order valence-corrected chi connectivity index (χ3v) is 6.13. The van der Waals surface area contributed by atoms with Gasteiger partial charge in [0.25, 0.3) is 0 Å². The average Bonchev–Trinajstić information content (AvgIpc) is 2.66. The Labute approximate surface area is 213 Å². The molecule has 5 nitrogen and oxygen atoms in total. The van der Waals surface area contributed by atoms with Crippen LogP contribution in [-0.4, -0.2) is 52.5 Å².